The van der Waals surface area contributed by atoms with Crippen molar-refractivity contribution < 1.29 is 24.2 Å². The number of benzene rings is 2. The van der Waals surface area contributed by atoms with Crippen LogP contribution in [0, 0.1) is 6.92 Å². The lowest BCUT2D eigenvalue weighted by Gasteiger charge is -2.27. The molecule has 1 amide bonds. The molecule has 0 saturated heterocycles. The number of aliphatic hydroxyl groups excluding tert-OH is 1. The second-order valence-electron chi connectivity index (χ2n) is 7.62. The molecule has 3 rings (SSSR count). The molecule has 0 bridgehead atoms. The van der Waals surface area contributed by atoms with E-state index in [0.29, 0.717) is 12.2 Å². The summed E-state index contributed by atoms with van der Waals surface area (Å²) in [7, 11) is 0. The fraction of sp³-hybridized carbons (Fsp3) is 0.320. The summed E-state index contributed by atoms with van der Waals surface area (Å²) in [5, 5.41) is 10.5. The van der Waals surface area contributed by atoms with Gasteiger partial charge in [0.1, 0.15) is 0 Å². The van der Waals surface area contributed by atoms with E-state index < -0.39 is 23.7 Å². The van der Waals surface area contributed by atoms with Crippen molar-refractivity contribution in [3.63, 3.8) is 0 Å². The molecule has 1 atom stereocenters. The number of carbonyl (C=O) groups is 3. The highest BCUT2D eigenvalue weighted by molar-refractivity contribution is 6.08. The maximum Gasteiger partial charge on any atom is 0.338 e. The summed E-state index contributed by atoms with van der Waals surface area (Å²) in [5.74, 6) is -1.71. The third kappa shape index (κ3) is 4.68. The monoisotopic (exact) mass is 421 g/mol. The Morgan fingerprint density at radius 1 is 1.10 bits per heavy atom. The van der Waals surface area contributed by atoms with Crippen molar-refractivity contribution in [3.05, 3.63) is 82.1 Å². The van der Waals surface area contributed by atoms with E-state index in [1.807, 2.05) is 38.1 Å². The fourth-order valence-electron chi connectivity index (χ4n) is 3.70. The molecule has 0 spiro atoms. The van der Waals surface area contributed by atoms with Crippen molar-refractivity contribution in [1.82, 2.24) is 4.90 Å². The number of nitrogens with zero attached hydrogens (tertiary/aromatic N) is 1. The van der Waals surface area contributed by atoms with Gasteiger partial charge in [-0.2, -0.15) is 0 Å². The summed E-state index contributed by atoms with van der Waals surface area (Å²) in [4.78, 5) is 39.0. The van der Waals surface area contributed by atoms with Crippen LogP contribution in [0.4, 0.5) is 0 Å². The number of ketones is 1. The lowest BCUT2D eigenvalue weighted by Crippen LogP contribution is -2.30. The van der Waals surface area contributed by atoms with E-state index in [2.05, 4.69) is 0 Å². The van der Waals surface area contributed by atoms with Crippen LogP contribution in [0.25, 0.3) is 0 Å². The van der Waals surface area contributed by atoms with Crippen LogP contribution >= 0.6 is 0 Å². The van der Waals surface area contributed by atoms with Crippen LogP contribution in [-0.4, -0.2) is 34.3 Å². The van der Waals surface area contributed by atoms with Crippen LogP contribution < -0.4 is 0 Å². The first-order chi connectivity index (χ1) is 14.9. The van der Waals surface area contributed by atoms with Crippen LogP contribution in [0.15, 0.2) is 59.9 Å². The Morgan fingerprint density at radius 2 is 1.81 bits per heavy atom. The smallest absolute Gasteiger partial charge is 0.338 e. The summed E-state index contributed by atoms with van der Waals surface area (Å²) in [6.45, 7) is 6.12. The number of hydrogen-bond donors (Lipinski definition) is 1. The Bertz CT molecular complexity index is 1020. The minimum atomic E-state index is -0.658. The van der Waals surface area contributed by atoms with Gasteiger partial charge in [-0.05, 0) is 36.6 Å². The molecule has 0 aromatic heterocycles. The first-order valence-corrected chi connectivity index (χ1v) is 10.5. The summed E-state index contributed by atoms with van der Waals surface area (Å²) in [6, 6.07) is 13.7. The largest absolute Gasteiger partial charge is 0.503 e. The van der Waals surface area contributed by atoms with Gasteiger partial charge >= 0.3 is 5.97 Å². The SMILES string of the molecule is CCCOC(=O)c1ccc(CN2C(=O)C(O)=C(C(=O)CC)C2c2cccc(C)c2)cc1. The molecule has 31 heavy (non-hydrogen) atoms. The Kier molecular flexibility index (Phi) is 6.90. The summed E-state index contributed by atoms with van der Waals surface area (Å²) < 4.78 is 5.14. The van der Waals surface area contributed by atoms with Crippen molar-refractivity contribution in [3.8, 4) is 0 Å². The molecule has 1 N–H and O–H groups in total. The molecule has 2 aromatic carbocycles. The van der Waals surface area contributed by atoms with Crippen molar-refractivity contribution in [1.29, 1.82) is 0 Å². The quantitative estimate of drug-likeness (QED) is 0.637. The molecule has 1 unspecified atom stereocenters. The van der Waals surface area contributed by atoms with E-state index in [9.17, 15) is 19.5 Å². The highest BCUT2D eigenvalue weighted by Crippen LogP contribution is 2.39. The predicted molar refractivity (Wildman–Crippen MR) is 116 cm³/mol. The van der Waals surface area contributed by atoms with Crippen molar-refractivity contribution >= 4 is 17.7 Å². The summed E-state index contributed by atoms with van der Waals surface area (Å²) >= 11 is 0. The molecule has 6 heteroatoms. The highest BCUT2D eigenvalue weighted by Gasteiger charge is 2.42. The number of carbonyl (C=O) groups excluding carboxylic acids is 3. The summed E-state index contributed by atoms with van der Waals surface area (Å²) in [5.41, 5.74) is 3.11. The van der Waals surface area contributed by atoms with Gasteiger partial charge in [-0.1, -0.05) is 55.8 Å². The molecule has 1 aliphatic rings. The second kappa shape index (κ2) is 9.60. The minimum Gasteiger partial charge on any atom is -0.503 e. The summed E-state index contributed by atoms with van der Waals surface area (Å²) in [6.07, 6.45) is 0.938. The van der Waals surface area contributed by atoms with Gasteiger partial charge in [0.25, 0.3) is 5.91 Å². The third-order valence-corrected chi connectivity index (χ3v) is 5.26. The predicted octanol–water partition coefficient (Wildman–Crippen LogP) is 4.44. The van der Waals surface area contributed by atoms with Gasteiger partial charge in [0.2, 0.25) is 0 Å². The number of aryl methyl sites for hydroxylation is 1. The zero-order chi connectivity index (χ0) is 22.5. The number of aliphatic hydroxyl groups is 1. The van der Waals surface area contributed by atoms with Crippen LogP contribution in [0.2, 0.25) is 0 Å². The lowest BCUT2D eigenvalue weighted by atomic mass is 9.94. The Labute approximate surface area is 182 Å². The zero-order valence-corrected chi connectivity index (χ0v) is 18.1. The maximum atomic E-state index is 12.9. The van der Waals surface area contributed by atoms with Gasteiger partial charge in [-0.3, -0.25) is 9.59 Å². The van der Waals surface area contributed by atoms with Gasteiger partial charge < -0.3 is 14.7 Å². The van der Waals surface area contributed by atoms with Crippen LogP contribution in [0.1, 0.15) is 59.8 Å². The number of amides is 1. The minimum absolute atomic E-state index is 0.137. The number of hydrogen-bond acceptors (Lipinski definition) is 5. The van der Waals surface area contributed by atoms with Crippen LogP contribution in [-0.2, 0) is 20.9 Å². The Balaban J connectivity index is 1.91. The molecule has 2 aromatic rings. The number of rotatable bonds is 8. The van der Waals surface area contributed by atoms with E-state index in [0.717, 1.165) is 23.1 Å². The van der Waals surface area contributed by atoms with Gasteiger partial charge in [0.05, 0.1) is 23.8 Å². The molecule has 6 nitrogen and oxygen atoms in total. The van der Waals surface area contributed by atoms with Gasteiger partial charge in [-0.25, -0.2) is 4.79 Å². The van der Waals surface area contributed by atoms with Crippen molar-refractivity contribution in [2.24, 2.45) is 0 Å². The lowest BCUT2D eigenvalue weighted by molar-refractivity contribution is -0.130. The number of Topliss-reactive ketones (excluding diaryl/α,β-unsaturated/α-hetero) is 1. The van der Waals surface area contributed by atoms with Gasteiger partial charge in [-0.15, -0.1) is 0 Å². The first-order valence-electron chi connectivity index (χ1n) is 10.5. The number of ether oxygens (including phenoxy) is 1. The first kappa shape index (κ1) is 22.3. The zero-order valence-electron chi connectivity index (χ0n) is 18.1. The second-order valence-corrected chi connectivity index (χ2v) is 7.62. The molecule has 162 valence electrons. The van der Waals surface area contributed by atoms with Crippen LogP contribution in [0.3, 0.4) is 0 Å². The normalized spacial score (nSPS) is 16.0. The van der Waals surface area contributed by atoms with Gasteiger partial charge in [0.15, 0.2) is 11.5 Å². The molecular formula is C25H27NO5. The van der Waals surface area contributed by atoms with Crippen molar-refractivity contribution in [2.75, 3.05) is 6.61 Å². The average molecular weight is 421 g/mol. The molecule has 0 radical (unpaired) electrons. The standard InChI is InChI=1S/C25H27NO5/c1-4-13-31-25(30)18-11-9-17(10-12-18)15-26-22(19-8-6-7-16(3)14-19)21(20(27)5-2)23(28)24(26)29/h6-12,14,22,28H,4-5,13,15H2,1-3H3. The highest BCUT2D eigenvalue weighted by atomic mass is 16.5. The Hall–Kier alpha value is -3.41. The fourth-order valence-corrected chi connectivity index (χ4v) is 3.70. The molecule has 1 aliphatic heterocycles. The van der Waals surface area contributed by atoms with Crippen molar-refractivity contribution in [2.45, 2.75) is 46.2 Å². The van der Waals surface area contributed by atoms with E-state index in [1.165, 1.54) is 4.90 Å². The average Bonchev–Trinajstić information content (AvgIpc) is 3.02. The number of esters is 1. The van der Waals surface area contributed by atoms with E-state index in [-0.39, 0.29) is 24.3 Å². The molecule has 0 fully saturated rings. The topological polar surface area (TPSA) is 83.9 Å². The van der Waals surface area contributed by atoms with E-state index >= 15 is 0 Å². The third-order valence-electron chi connectivity index (χ3n) is 5.26. The maximum absolute atomic E-state index is 12.9. The van der Waals surface area contributed by atoms with E-state index in [1.54, 1.807) is 31.2 Å². The van der Waals surface area contributed by atoms with Gasteiger partial charge in [0, 0.05) is 13.0 Å². The van der Waals surface area contributed by atoms with Crippen LogP contribution in [0.5, 0.6) is 0 Å². The molecule has 0 saturated carbocycles. The molecular weight excluding hydrogens is 394 g/mol. The molecule has 0 aliphatic carbocycles. The molecule has 1 heterocycles. The van der Waals surface area contributed by atoms with E-state index in [4.69, 9.17) is 4.74 Å². The Morgan fingerprint density at radius 3 is 2.42 bits per heavy atom.